The number of halogens is 3. The van der Waals surface area contributed by atoms with Gasteiger partial charge in [-0.05, 0) is 24.5 Å². The van der Waals surface area contributed by atoms with Crippen molar-refractivity contribution in [3.8, 4) is 0 Å². The van der Waals surface area contributed by atoms with Crippen LogP contribution in [-0.2, 0) is 11.3 Å². The molecule has 0 saturated carbocycles. The molecule has 108 valence electrons. The molecule has 0 unspecified atom stereocenters. The van der Waals surface area contributed by atoms with Gasteiger partial charge in [0.15, 0.2) is 0 Å². The highest BCUT2D eigenvalue weighted by atomic mass is 19.4. The molecule has 1 aromatic heterocycles. The van der Waals surface area contributed by atoms with Gasteiger partial charge in [0.2, 0.25) is 0 Å². The lowest BCUT2D eigenvalue weighted by Gasteiger charge is -2.08. The Labute approximate surface area is 111 Å². The Bertz CT molecular complexity index is 352. The SMILES string of the molecule is CCCNc1ccc(COCCCC(F)(F)F)cn1. The highest BCUT2D eigenvalue weighted by Gasteiger charge is 2.25. The molecule has 0 aliphatic rings. The van der Waals surface area contributed by atoms with Crippen molar-refractivity contribution >= 4 is 5.82 Å². The largest absolute Gasteiger partial charge is 0.389 e. The van der Waals surface area contributed by atoms with E-state index in [2.05, 4.69) is 17.2 Å². The quantitative estimate of drug-likeness (QED) is 0.734. The normalized spacial score (nSPS) is 11.6. The van der Waals surface area contributed by atoms with E-state index in [1.54, 1.807) is 6.20 Å². The molecule has 0 radical (unpaired) electrons. The summed E-state index contributed by atoms with van der Waals surface area (Å²) in [4.78, 5) is 4.18. The number of anilines is 1. The molecular weight excluding hydrogens is 257 g/mol. The summed E-state index contributed by atoms with van der Waals surface area (Å²) in [5.41, 5.74) is 0.856. The summed E-state index contributed by atoms with van der Waals surface area (Å²) in [5.74, 6) is 0.794. The van der Waals surface area contributed by atoms with Crippen molar-refractivity contribution in [3.63, 3.8) is 0 Å². The first kappa shape index (κ1) is 15.8. The second-order valence-electron chi connectivity index (χ2n) is 4.25. The molecular formula is C13H19F3N2O. The van der Waals surface area contributed by atoms with Crippen molar-refractivity contribution in [1.82, 2.24) is 4.98 Å². The van der Waals surface area contributed by atoms with Crippen molar-refractivity contribution in [1.29, 1.82) is 0 Å². The first-order chi connectivity index (χ1) is 9.01. The van der Waals surface area contributed by atoms with Gasteiger partial charge in [-0.1, -0.05) is 13.0 Å². The van der Waals surface area contributed by atoms with Crippen molar-refractivity contribution in [3.05, 3.63) is 23.9 Å². The van der Waals surface area contributed by atoms with Gasteiger partial charge < -0.3 is 10.1 Å². The molecule has 6 heteroatoms. The Kier molecular flexibility index (Phi) is 6.62. The molecule has 0 saturated heterocycles. The maximum atomic E-state index is 11.9. The van der Waals surface area contributed by atoms with Crippen LogP contribution in [0.25, 0.3) is 0 Å². The van der Waals surface area contributed by atoms with E-state index in [0.717, 1.165) is 24.3 Å². The fourth-order valence-corrected chi connectivity index (χ4v) is 1.43. The van der Waals surface area contributed by atoms with E-state index in [4.69, 9.17) is 4.74 Å². The number of ether oxygens (including phenoxy) is 1. The number of alkyl halides is 3. The van der Waals surface area contributed by atoms with E-state index >= 15 is 0 Å². The molecule has 0 atom stereocenters. The molecule has 0 amide bonds. The molecule has 1 aromatic rings. The van der Waals surface area contributed by atoms with Gasteiger partial charge >= 0.3 is 6.18 Å². The van der Waals surface area contributed by atoms with E-state index in [9.17, 15) is 13.2 Å². The van der Waals surface area contributed by atoms with E-state index in [1.165, 1.54) is 0 Å². The van der Waals surface area contributed by atoms with Gasteiger partial charge in [-0.25, -0.2) is 4.98 Å². The second kappa shape index (κ2) is 7.99. The lowest BCUT2D eigenvalue weighted by Crippen LogP contribution is -2.08. The van der Waals surface area contributed by atoms with Crippen LogP contribution in [0.4, 0.5) is 19.0 Å². The molecule has 0 bridgehead atoms. The predicted molar refractivity (Wildman–Crippen MR) is 68.0 cm³/mol. The van der Waals surface area contributed by atoms with Gasteiger partial charge in [-0.2, -0.15) is 13.2 Å². The van der Waals surface area contributed by atoms with E-state index < -0.39 is 12.6 Å². The Morgan fingerprint density at radius 3 is 2.68 bits per heavy atom. The van der Waals surface area contributed by atoms with E-state index in [0.29, 0.717) is 6.61 Å². The van der Waals surface area contributed by atoms with Crippen LogP contribution in [0.5, 0.6) is 0 Å². The van der Waals surface area contributed by atoms with Crippen molar-refractivity contribution in [2.75, 3.05) is 18.5 Å². The van der Waals surface area contributed by atoms with Crippen LogP contribution >= 0.6 is 0 Å². The molecule has 3 nitrogen and oxygen atoms in total. The highest BCUT2D eigenvalue weighted by Crippen LogP contribution is 2.21. The number of hydrogen-bond acceptors (Lipinski definition) is 3. The predicted octanol–water partition coefficient (Wildman–Crippen LogP) is 3.76. The lowest BCUT2D eigenvalue weighted by molar-refractivity contribution is -0.138. The second-order valence-corrected chi connectivity index (χ2v) is 4.25. The molecule has 0 aliphatic heterocycles. The minimum absolute atomic E-state index is 0.00688. The number of pyridine rings is 1. The Hall–Kier alpha value is -1.30. The third-order valence-corrected chi connectivity index (χ3v) is 2.40. The average molecular weight is 276 g/mol. The van der Waals surface area contributed by atoms with Gasteiger partial charge in [0.05, 0.1) is 6.61 Å². The smallest absolute Gasteiger partial charge is 0.377 e. The molecule has 0 fully saturated rings. The minimum Gasteiger partial charge on any atom is -0.377 e. The summed E-state index contributed by atoms with van der Waals surface area (Å²) >= 11 is 0. The average Bonchev–Trinajstić information content (AvgIpc) is 2.36. The number of aromatic nitrogens is 1. The summed E-state index contributed by atoms with van der Waals surface area (Å²) < 4.78 is 40.8. The van der Waals surface area contributed by atoms with E-state index in [-0.39, 0.29) is 13.0 Å². The van der Waals surface area contributed by atoms with Gasteiger partial charge in [0.1, 0.15) is 5.82 Å². The van der Waals surface area contributed by atoms with Crippen molar-refractivity contribution < 1.29 is 17.9 Å². The van der Waals surface area contributed by atoms with Crippen LogP contribution in [0, 0.1) is 0 Å². The summed E-state index contributed by atoms with van der Waals surface area (Å²) in [6.45, 7) is 3.32. The van der Waals surface area contributed by atoms with E-state index in [1.807, 2.05) is 12.1 Å². The number of nitrogens with one attached hydrogen (secondary N) is 1. The molecule has 1 N–H and O–H groups in total. The Balaban J connectivity index is 2.19. The third-order valence-electron chi connectivity index (χ3n) is 2.40. The Morgan fingerprint density at radius 1 is 1.32 bits per heavy atom. The fraction of sp³-hybridized carbons (Fsp3) is 0.615. The molecule has 19 heavy (non-hydrogen) atoms. The third kappa shape index (κ3) is 7.66. The topological polar surface area (TPSA) is 34.1 Å². The van der Waals surface area contributed by atoms with Crippen molar-refractivity contribution in [2.45, 2.75) is 39.0 Å². The summed E-state index contributed by atoms with van der Waals surface area (Å²) in [6.07, 6.45) is -2.22. The molecule has 0 aromatic carbocycles. The lowest BCUT2D eigenvalue weighted by atomic mass is 10.3. The van der Waals surface area contributed by atoms with Crippen LogP contribution in [-0.4, -0.2) is 24.3 Å². The van der Waals surface area contributed by atoms with Gasteiger partial charge in [0.25, 0.3) is 0 Å². The zero-order valence-electron chi connectivity index (χ0n) is 11.0. The standard InChI is InChI=1S/C13H19F3N2O/c1-2-7-17-12-5-4-11(9-18-12)10-19-8-3-6-13(14,15)16/h4-5,9H,2-3,6-8,10H2,1H3,(H,17,18). The van der Waals surface area contributed by atoms with Gasteiger partial charge in [-0.15, -0.1) is 0 Å². The van der Waals surface area contributed by atoms with Gasteiger partial charge in [0, 0.05) is 25.8 Å². The molecule has 0 aliphatic carbocycles. The maximum Gasteiger partial charge on any atom is 0.389 e. The molecule has 0 spiro atoms. The van der Waals surface area contributed by atoms with Gasteiger partial charge in [-0.3, -0.25) is 0 Å². The summed E-state index contributed by atoms with van der Waals surface area (Å²) in [6, 6.07) is 3.69. The Morgan fingerprint density at radius 2 is 2.11 bits per heavy atom. The molecule has 1 rings (SSSR count). The van der Waals surface area contributed by atoms with Crippen LogP contribution in [0.2, 0.25) is 0 Å². The fourth-order valence-electron chi connectivity index (χ4n) is 1.43. The minimum atomic E-state index is -4.10. The van der Waals surface area contributed by atoms with Crippen LogP contribution in [0.3, 0.4) is 0 Å². The molecule has 1 heterocycles. The summed E-state index contributed by atoms with van der Waals surface area (Å²) in [5, 5.41) is 3.14. The maximum absolute atomic E-state index is 11.9. The number of nitrogens with zero attached hydrogens (tertiary/aromatic N) is 1. The highest BCUT2D eigenvalue weighted by molar-refractivity contribution is 5.35. The zero-order valence-corrected chi connectivity index (χ0v) is 11.0. The monoisotopic (exact) mass is 276 g/mol. The number of rotatable bonds is 8. The number of hydrogen-bond donors (Lipinski definition) is 1. The first-order valence-corrected chi connectivity index (χ1v) is 6.34. The first-order valence-electron chi connectivity index (χ1n) is 6.34. The van der Waals surface area contributed by atoms with Crippen LogP contribution in [0.1, 0.15) is 31.7 Å². The van der Waals surface area contributed by atoms with Crippen LogP contribution in [0.15, 0.2) is 18.3 Å². The zero-order chi connectivity index (χ0) is 14.1. The summed E-state index contributed by atoms with van der Waals surface area (Å²) in [7, 11) is 0. The van der Waals surface area contributed by atoms with Crippen molar-refractivity contribution in [2.24, 2.45) is 0 Å². The van der Waals surface area contributed by atoms with Crippen LogP contribution < -0.4 is 5.32 Å².